The number of carbonyl (C=O) groups excluding carboxylic acids is 2. The van der Waals surface area contributed by atoms with E-state index in [0.717, 1.165) is 37.0 Å². The van der Waals surface area contributed by atoms with Crippen molar-refractivity contribution in [1.29, 1.82) is 0 Å². The first-order valence-electron chi connectivity index (χ1n) is 11.6. The lowest BCUT2D eigenvalue weighted by Gasteiger charge is -2.30. The maximum Gasteiger partial charge on any atom is 0.242 e. The average molecular weight is 473 g/mol. The number of ether oxygens (including phenoxy) is 2. The van der Waals surface area contributed by atoms with Crippen LogP contribution < -0.4 is 14.8 Å². The molecule has 33 heavy (non-hydrogen) atoms. The van der Waals surface area contributed by atoms with Gasteiger partial charge in [-0.2, -0.15) is 0 Å². The Labute approximate surface area is 201 Å². The van der Waals surface area contributed by atoms with Gasteiger partial charge in [-0.25, -0.2) is 0 Å². The standard InChI is InChI=1S/C26H33ClN2O4/c1-19(26(31)28-22-6-3-4-7-22)29(18-20-9-13-23(32-2)14-10-20)25(30)8-5-17-33-24-15-11-21(27)12-16-24/h9-16,19,22H,3-8,17-18H2,1-2H3,(H,28,31)/t19-/m0/s1. The summed E-state index contributed by atoms with van der Waals surface area (Å²) in [6.07, 6.45) is 5.14. The summed E-state index contributed by atoms with van der Waals surface area (Å²) in [6.45, 7) is 2.57. The highest BCUT2D eigenvalue weighted by molar-refractivity contribution is 6.30. The second kappa shape index (κ2) is 12.5. The molecule has 0 heterocycles. The first kappa shape index (κ1) is 24.9. The normalized spacial score (nSPS) is 14.5. The van der Waals surface area contributed by atoms with E-state index in [9.17, 15) is 9.59 Å². The summed E-state index contributed by atoms with van der Waals surface area (Å²) in [5.41, 5.74) is 0.946. The van der Waals surface area contributed by atoms with Crippen molar-refractivity contribution in [3.8, 4) is 11.5 Å². The van der Waals surface area contributed by atoms with Crippen molar-refractivity contribution >= 4 is 23.4 Å². The summed E-state index contributed by atoms with van der Waals surface area (Å²) in [4.78, 5) is 27.7. The maximum absolute atomic E-state index is 13.2. The van der Waals surface area contributed by atoms with Gasteiger partial charge in [-0.3, -0.25) is 9.59 Å². The molecule has 6 nitrogen and oxygen atoms in total. The lowest BCUT2D eigenvalue weighted by Crippen LogP contribution is -2.49. The number of methoxy groups -OCH3 is 1. The summed E-state index contributed by atoms with van der Waals surface area (Å²) in [5.74, 6) is 1.30. The topological polar surface area (TPSA) is 67.9 Å². The number of hydrogen-bond donors (Lipinski definition) is 1. The molecule has 0 bridgehead atoms. The predicted molar refractivity (Wildman–Crippen MR) is 130 cm³/mol. The van der Waals surface area contributed by atoms with Gasteiger partial charge in [0.05, 0.1) is 13.7 Å². The van der Waals surface area contributed by atoms with Crippen LogP contribution in [0.2, 0.25) is 5.02 Å². The third kappa shape index (κ3) is 7.67. The fourth-order valence-corrected chi connectivity index (χ4v) is 4.12. The van der Waals surface area contributed by atoms with Gasteiger partial charge in [0.2, 0.25) is 11.8 Å². The summed E-state index contributed by atoms with van der Waals surface area (Å²) < 4.78 is 10.9. The van der Waals surface area contributed by atoms with Gasteiger partial charge in [-0.1, -0.05) is 36.6 Å². The SMILES string of the molecule is COc1ccc(CN(C(=O)CCCOc2ccc(Cl)cc2)[C@@H](C)C(=O)NC2CCCC2)cc1. The molecule has 0 unspecified atom stereocenters. The molecule has 0 aromatic heterocycles. The number of nitrogens with zero attached hydrogens (tertiary/aromatic N) is 1. The zero-order valence-corrected chi connectivity index (χ0v) is 20.1. The Kier molecular flexibility index (Phi) is 9.43. The first-order valence-corrected chi connectivity index (χ1v) is 11.9. The molecule has 178 valence electrons. The molecule has 2 aromatic carbocycles. The van der Waals surface area contributed by atoms with E-state index in [1.165, 1.54) is 0 Å². The Balaban J connectivity index is 1.60. The molecule has 3 rings (SSSR count). The highest BCUT2D eigenvalue weighted by Gasteiger charge is 2.28. The minimum Gasteiger partial charge on any atom is -0.497 e. The number of nitrogens with one attached hydrogen (secondary N) is 1. The smallest absolute Gasteiger partial charge is 0.242 e. The van der Waals surface area contributed by atoms with Crippen LogP contribution in [0, 0.1) is 0 Å². The molecule has 7 heteroatoms. The third-order valence-corrected chi connectivity index (χ3v) is 6.25. The Morgan fingerprint density at radius 2 is 1.70 bits per heavy atom. The predicted octanol–water partition coefficient (Wildman–Crippen LogP) is 4.98. The summed E-state index contributed by atoms with van der Waals surface area (Å²) in [5, 5.41) is 3.77. The number of carbonyl (C=O) groups is 2. The fourth-order valence-electron chi connectivity index (χ4n) is 3.99. The second-order valence-corrected chi connectivity index (χ2v) is 8.88. The molecule has 1 aliphatic carbocycles. The Morgan fingerprint density at radius 1 is 1.06 bits per heavy atom. The van der Waals surface area contributed by atoms with Crippen molar-refractivity contribution in [3.63, 3.8) is 0 Å². The van der Waals surface area contributed by atoms with E-state index in [1.54, 1.807) is 43.2 Å². The van der Waals surface area contributed by atoms with Gasteiger partial charge in [0.1, 0.15) is 17.5 Å². The zero-order valence-electron chi connectivity index (χ0n) is 19.4. The molecule has 2 aromatic rings. The lowest BCUT2D eigenvalue weighted by molar-refractivity contribution is -0.141. The van der Waals surface area contributed by atoms with E-state index in [4.69, 9.17) is 21.1 Å². The van der Waals surface area contributed by atoms with Crippen LogP contribution >= 0.6 is 11.6 Å². The number of amides is 2. The average Bonchev–Trinajstić information content (AvgIpc) is 3.34. The van der Waals surface area contributed by atoms with Gasteiger partial charge in [0, 0.05) is 24.0 Å². The molecular weight excluding hydrogens is 440 g/mol. The minimum absolute atomic E-state index is 0.0698. The van der Waals surface area contributed by atoms with Crippen LogP contribution in [0.25, 0.3) is 0 Å². The van der Waals surface area contributed by atoms with Gasteiger partial charge in [-0.15, -0.1) is 0 Å². The largest absolute Gasteiger partial charge is 0.497 e. The summed E-state index contributed by atoms with van der Waals surface area (Å²) >= 11 is 5.90. The van der Waals surface area contributed by atoms with Crippen molar-refractivity contribution in [3.05, 3.63) is 59.1 Å². The monoisotopic (exact) mass is 472 g/mol. The van der Waals surface area contributed by atoms with Crippen LogP contribution in [0.4, 0.5) is 0 Å². The van der Waals surface area contributed by atoms with Crippen molar-refractivity contribution in [1.82, 2.24) is 10.2 Å². The minimum atomic E-state index is -0.558. The molecule has 0 saturated heterocycles. The van der Waals surface area contributed by atoms with Crippen LogP contribution in [-0.4, -0.2) is 42.5 Å². The van der Waals surface area contributed by atoms with E-state index < -0.39 is 6.04 Å². The Hall–Kier alpha value is -2.73. The van der Waals surface area contributed by atoms with E-state index in [2.05, 4.69) is 5.32 Å². The van der Waals surface area contributed by atoms with Gasteiger partial charge >= 0.3 is 0 Å². The van der Waals surface area contributed by atoms with Crippen molar-refractivity contribution in [2.45, 2.75) is 64.1 Å². The molecule has 1 N–H and O–H groups in total. The Bertz CT molecular complexity index is 896. The molecule has 0 radical (unpaired) electrons. The van der Waals surface area contributed by atoms with E-state index in [-0.39, 0.29) is 17.9 Å². The second-order valence-electron chi connectivity index (χ2n) is 8.44. The summed E-state index contributed by atoms with van der Waals surface area (Å²) in [7, 11) is 1.62. The van der Waals surface area contributed by atoms with Crippen molar-refractivity contribution in [2.75, 3.05) is 13.7 Å². The van der Waals surface area contributed by atoms with E-state index in [1.807, 2.05) is 24.3 Å². The van der Waals surface area contributed by atoms with Crippen LogP contribution in [0.15, 0.2) is 48.5 Å². The van der Waals surface area contributed by atoms with Gasteiger partial charge in [-0.05, 0) is 68.1 Å². The van der Waals surface area contributed by atoms with Crippen LogP contribution in [0.3, 0.4) is 0 Å². The molecule has 1 fully saturated rings. The van der Waals surface area contributed by atoms with E-state index in [0.29, 0.717) is 36.8 Å². The van der Waals surface area contributed by atoms with Crippen LogP contribution in [-0.2, 0) is 16.1 Å². The van der Waals surface area contributed by atoms with E-state index >= 15 is 0 Å². The summed E-state index contributed by atoms with van der Waals surface area (Å²) in [6, 6.07) is 14.4. The van der Waals surface area contributed by atoms with Crippen molar-refractivity contribution in [2.24, 2.45) is 0 Å². The molecule has 2 amide bonds. The molecule has 1 aliphatic rings. The molecular formula is C26H33ClN2O4. The number of benzene rings is 2. The maximum atomic E-state index is 13.2. The lowest BCUT2D eigenvalue weighted by atomic mass is 10.1. The third-order valence-electron chi connectivity index (χ3n) is 6.00. The number of hydrogen-bond acceptors (Lipinski definition) is 4. The van der Waals surface area contributed by atoms with Crippen LogP contribution in [0.5, 0.6) is 11.5 Å². The highest BCUT2D eigenvalue weighted by atomic mass is 35.5. The van der Waals surface area contributed by atoms with Crippen molar-refractivity contribution < 1.29 is 19.1 Å². The fraction of sp³-hybridized carbons (Fsp3) is 0.462. The first-order chi connectivity index (χ1) is 16.0. The highest BCUT2D eigenvalue weighted by Crippen LogP contribution is 2.20. The molecule has 0 spiro atoms. The molecule has 1 atom stereocenters. The zero-order chi connectivity index (χ0) is 23.6. The van der Waals surface area contributed by atoms with Crippen LogP contribution in [0.1, 0.15) is 51.0 Å². The quantitative estimate of drug-likeness (QED) is 0.468. The Morgan fingerprint density at radius 3 is 2.33 bits per heavy atom. The number of rotatable bonds is 11. The van der Waals surface area contributed by atoms with Gasteiger partial charge in [0.15, 0.2) is 0 Å². The molecule has 0 aliphatic heterocycles. The van der Waals surface area contributed by atoms with Gasteiger partial charge in [0.25, 0.3) is 0 Å². The molecule has 1 saturated carbocycles. The number of halogens is 1. The van der Waals surface area contributed by atoms with Gasteiger partial charge < -0.3 is 19.7 Å².